The molecule has 5 heteroatoms. The molecule has 0 bridgehead atoms. The third-order valence-corrected chi connectivity index (χ3v) is 5.17. The van der Waals surface area contributed by atoms with Gasteiger partial charge in [-0.25, -0.2) is 0 Å². The molecule has 1 amide bonds. The van der Waals surface area contributed by atoms with Crippen molar-refractivity contribution in [3.8, 4) is 0 Å². The second-order valence-electron chi connectivity index (χ2n) is 6.61. The Hall–Kier alpha value is -1.10. The SMILES string of the molecule is CCC1CCNC(C(=O)NCC2CCC(C(=O)O)CC2)C1. The van der Waals surface area contributed by atoms with Crippen molar-refractivity contribution in [2.75, 3.05) is 13.1 Å². The van der Waals surface area contributed by atoms with Gasteiger partial charge in [0.15, 0.2) is 0 Å². The summed E-state index contributed by atoms with van der Waals surface area (Å²) in [6.45, 7) is 3.81. The van der Waals surface area contributed by atoms with Crippen LogP contribution < -0.4 is 10.6 Å². The van der Waals surface area contributed by atoms with E-state index in [2.05, 4.69) is 17.6 Å². The van der Waals surface area contributed by atoms with Crippen molar-refractivity contribution < 1.29 is 14.7 Å². The fraction of sp³-hybridized carbons (Fsp3) is 0.875. The van der Waals surface area contributed by atoms with Crippen LogP contribution in [0.3, 0.4) is 0 Å². The molecule has 2 aliphatic rings. The normalized spacial score (nSPS) is 33.4. The summed E-state index contributed by atoms with van der Waals surface area (Å²) in [5.41, 5.74) is 0. The molecule has 1 heterocycles. The summed E-state index contributed by atoms with van der Waals surface area (Å²) in [5, 5.41) is 15.3. The smallest absolute Gasteiger partial charge is 0.306 e. The van der Waals surface area contributed by atoms with Crippen molar-refractivity contribution in [3.05, 3.63) is 0 Å². The molecule has 1 saturated heterocycles. The highest BCUT2D eigenvalue weighted by molar-refractivity contribution is 5.81. The van der Waals surface area contributed by atoms with Gasteiger partial charge in [-0.15, -0.1) is 0 Å². The Kier molecular flexibility index (Phi) is 6.03. The third-order valence-electron chi connectivity index (χ3n) is 5.17. The molecule has 2 fully saturated rings. The van der Waals surface area contributed by atoms with Gasteiger partial charge < -0.3 is 15.7 Å². The van der Waals surface area contributed by atoms with Crippen molar-refractivity contribution in [2.45, 2.75) is 57.9 Å². The van der Waals surface area contributed by atoms with E-state index in [1.54, 1.807) is 0 Å². The lowest BCUT2D eigenvalue weighted by Crippen LogP contribution is -2.49. The Balaban J connectivity index is 1.68. The van der Waals surface area contributed by atoms with Crippen LogP contribution in [0.5, 0.6) is 0 Å². The predicted molar refractivity (Wildman–Crippen MR) is 80.9 cm³/mol. The molecule has 0 spiro atoms. The van der Waals surface area contributed by atoms with E-state index in [-0.39, 0.29) is 17.9 Å². The van der Waals surface area contributed by atoms with Gasteiger partial charge in [0.25, 0.3) is 0 Å². The summed E-state index contributed by atoms with van der Waals surface area (Å²) in [7, 11) is 0. The van der Waals surface area contributed by atoms with Crippen LogP contribution in [0.4, 0.5) is 0 Å². The maximum atomic E-state index is 12.2. The van der Waals surface area contributed by atoms with Gasteiger partial charge in [0.1, 0.15) is 0 Å². The fourth-order valence-electron chi connectivity index (χ4n) is 3.55. The number of piperidine rings is 1. The number of carboxylic acids is 1. The molecule has 0 radical (unpaired) electrons. The van der Waals surface area contributed by atoms with Gasteiger partial charge in [-0.3, -0.25) is 9.59 Å². The molecule has 1 aliphatic heterocycles. The number of rotatable bonds is 5. The number of hydrogen-bond donors (Lipinski definition) is 3. The van der Waals surface area contributed by atoms with Crippen LogP contribution in [-0.2, 0) is 9.59 Å². The topological polar surface area (TPSA) is 78.4 Å². The number of hydrogen-bond acceptors (Lipinski definition) is 3. The van der Waals surface area contributed by atoms with Crippen LogP contribution in [0.25, 0.3) is 0 Å². The molecular formula is C16H28N2O3. The molecule has 120 valence electrons. The maximum Gasteiger partial charge on any atom is 0.306 e. The van der Waals surface area contributed by atoms with E-state index < -0.39 is 5.97 Å². The minimum absolute atomic E-state index is 0.0425. The predicted octanol–water partition coefficient (Wildman–Crippen LogP) is 1.77. The summed E-state index contributed by atoms with van der Waals surface area (Å²) >= 11 is 0. The number of nitrogens with one attached hydrogen (secondary N) is 2. The van der Waals surface area contributed by atoms with Gasteiger partial charge in [-0.05, 0) is 56.9 Å². The summed E-state index contributed by atoms with van der Waals surface area (Å²) < 4.78 is 0. The molecule has 21 heavy (non-hydrogen) atoms. The minimum Gasteiger partial charge on any atom is -0.481 e. The van der Waals surface area contributed by atoms with Crippen molar-refractivity contribution in [2.24, 2.45) is 17.8 Å². The zero-order valence-electron chi connectivity index (χ0n) is 12.9. The molecule has 2 rings (SSSR count). The van der Waals surface area contributed by atoms with Gasteiger partial charge in [0.2, 0.25) is 5.91 Å². The molecule has 5 nitrogen and oxygen atoms in total. The van der Waals surface area contributed by atoms with E-state index in [4.69, 9.17) is 5.11 Å². The van der Waals surface area contributed by atoms with Gasteiger partial charge in [-0.2, -0.15) is 0 Å². The highest BCUT2D eigenvalue weighted by atomic mass is 16.4. The number of carboxylic acid groups (broad SMARTS) is 1. The molecule has 1 saturated carbocycles. The van der Waals surface area contributed by atoms with Gasteiger partial charge in [-0.1, -0.05) is 13.3 Å². The minimum atomic E-state index is -0.672. The Morgan fingerprint density at radius 1 is 1.14 bits per heavy atom. The van der Waals surface area contributed by atoms with E-state index >= 15 is 0 Å². The summed E-state index contributed by atoms with van der Waals surface area (Å²) in [5.74, 6) is 0.369. The van der Waals surface area contributed by atoms with E-state index in [9.17, 15) is 9.59 Å². The van der Waals surface area contributed by atoms with Crippen molar-refractivity contribution >= 4 is 11.9 Å². The molecule has 0 aromatic rings. The van der Waals surface area contributed by atoms with Crippen LogP contribution in [0.1, 0.15) is 51.9 Å². The Morgan fingerprint density at radius 2 is 1.86 bits per heavy atom. The lowest BCUT2D eigenvalue weighted by molar-refractivity contribution is -0.143. The fourth-order valence-corrected chi connectivity index (χ4v) is 3.55. The summed E-state index contributed by atoms with van der Waals surface area (Å²) in [6.07, 6.45) is 6.56. The lowest BCUT2D eigenvalue weighted by Gasteiger charge is -2.30. The Bertz CT molecular complexity index is 365. The van der Waals surface area contributed by atoms with Crippen molar-refractivity contribution in [3.63, 3.8) is 0 Å². The largest absolute Gasteiger partial charge is 0.481 e. The Labute approximate surface area is 126 Å². The first kappa shape index (κ1) is 16.3. The first-order valence-electron chi connectivity index (χ1n) is 8.34. The van der Waals surface area contributed by atoms with Crippen molar-refractivity contribution in [1.29, 1.82) is 0 Å². The third kappa shape index (κ3) is 4.70. The molecular weight excluding hydrogens is 268 g/mol. The number of carbonyl (C=O) groups excluding carboxylic acids is 1. The number of aliphatic carboxylic acids is 1. The van der Waals surface area contributed by atoms with Crippen LogP contribution in [0, 0.1) is 17.8 Å². The highest BCUT2D eigenvalue weighted by Crippen LogP contribution is 2.28. The first-order chi connectivity index (χ1) is 10.1. The van der Waals surface area contributed by atoms with Crippen LogP contribution in [-0.4, -0.2) is 36.1 Å². The van der Waals surface area contributed by atoms with Crippen molar-refractivity contribution in [1.82, 2.24) is 10.6 Å². The average Bonchev–Trinajstić information content (AvgIpc) is 2.53. The standard InChI is InChI=1S/C16H28N2O3/c1-2-11-7-8-17-14(9-11)15(19)18-10-12-3-5-13(6-4-12)16(20)21/h11-14,17H,2-10H2,1H3,(H,18,19)(H,20,21). The number of amides is 1. The maximum absolute atomic E-state index is 12.2. The monoisotopic (exact) mass is 296 g/mol. The Morgan fingerprint density at radius 3 is 2.48 bits per heavy atom. The quantitative estimate of drug-likeness (QED) is 0.722. The van der Waals surface area contributed by atoms with Crippen LogP contribution in [0.2, 0.25) is 0 Å². The zero-order chi connectivity index (χ0) is 15.2. The van der Waals surface area contributed by atoms with E-state index in [1.165, 1.54) is 6.42 Å². The first-order valence-corrected chi connectivity index (χ1v) is 8.34. The lowest BCUT2D eigenvalue weighted by atomic mass is 9.82. The summed E-state index contributed by atoms with van der Waals surface area (Å²) in [6, 6.07) is -0.0425. The second-order valence-corrected chi connectivity index (χ2v) is 6.61. The van der Waals surface area contributed by atoms with Gasteiger partial charge >= 0.3 is 5.97 Å². The van der Waals surface area contributed by atoms with E-state index in [0.717, 1.165) is 45.1 Å². The van der Waals surface area contributed by atoms with E-state index in [0.29, 0.717) is 18.4 Å². The number of carbonyl (C=O) groups is 2. The second kappa shape index (κ2) is 7.78. The molecule has 3 N–H and O–H groups in total. The van der Waals surface area contributed by atoms with Crippen LogP contribution >= 0.6 is 0 Å². The molecule has 0 aromatic carbocycles. The van der Waals surface area contributed by atoms with E-state index in [1.807, 2.05) is 0 Å². The molecule has 2 unspecified atom stereocenters. The molecule has 0 aromatic heterocycles. The van der Waals surface area contributed by atoms with Crippen LogP contribution in [0.15, 0.2) is 0 Å². The molecule has 2 atom stereocenters. The highest BCUT2D eigenvalue weighted by Gasteiger charge is 2.28. The zero-order valence-corrected chi connectivity index (χ0v) is 12.9. The molecule has 1 aliphatic carbocycles. The van der Waals surface area contributed by atoms with Gasteiger partial charge in [0, 0.05) is 6.54 Å². The average molecular weight is 296 g/mol. The summed E-state index contributed by atoms with van der Waals surface area (Å²) in [4.78, 5) is 23.1. The van der Waals surface area contributed by atoms with Gasteiger partial charge in [0.05, 0.1) is 12.0 Å².